The summed E-state index contributed by atoms with van der Waals surface area (Å²) in [7, 11) is 0. The first-order valence-corrected chi connectivity index (χ1v) is 9.34. The van der Waals surface area contributed by atoms with Gasteiger partial charge in [-0.2, -0.15) is 0 Å². The van der Waals surface area contributed by atoms with Gasteiger partial charge in [-0.15, -0.1) is 10.2 Å². The molecule has 1 atom stereocenters. The molecule has 3 heterocycles. The molecule has 2 aliphatic rings. The summed E-state index contributed by atoms with van der Waals surface area (Å²) in [5, 5.41) is 12.9. The second-order valence-electron chi connectivity index (χ2n) is 6.76. The second-order valence-corrected chi connectivity index (χ2v) is 7.16. The molecule has 0 saturated carbocycles. The van der Waals surface area contributed by atoms with E-state index < -0.39 is 0 Å². The largest absolute Gasteiger partial charge is 0.380 e. The van der Waals surface area contributed by atoms with E-state index in [-0.39, 0.29) is 0 Å². The molecule has 2 fully saturated rings. The summed E-state index contributed by atoms with van der Waals surface area (Å²) in [6.45, 7) is 4.05. The number of nitrogens with zero attached hydrogens (tertiary/aromatic N) is 3. The summed E-state index contributed by atoms with van der Waals surface area (Å²) in [5.74, 6) is 0.832. The Morgan fingerprint density at radius 3 is 2.56 bits per heavy atom. The molecule has 1 N–H and O–H groups in total. The molecule has 0 amide bonds. The van der Waals surface area contributed by atoms with Crippen molar-refractivity contribution in [2.75, 3.05) is 31.6 Å². The van der Waals surface area contributed by atoms with E-state index in [2.05, 4.69) is 20.4 Å². The zero-order valence-corrected chi connectivity index (χ0v) is 15.0. The number of piperidine rings is 1. The molecule has 1 unspecified atom stereocenters. The molecule has 5 nitrogen and oxygen atoms in total. The number of ether oxygens (including phenoxy) is 1. The first-order chi connectivity index (χ1) is 12.3. The topological polar surface area (TPSA) is 50.3 Å². The van der Waals surface area contributed by atoms with Gasteiger partial charge in [0.2, 0.25) is 0 Å². The summed E-state index contributed by atoms with van der Waals surface area (Å²) in [5.41, 5.74) is 1.71. The van der Waals surface area contributed by atoms with Crippen LogP contribution in [0, 0.1) is 0 Å². The molecule has 2 aliphatic heterocycles. The summed E-state index contributed by atoms with van der Waals surface area (Å²) in [6, 6.07) is 12.7. The van der Waals surface area contributed by atoms with Gasteiger partial charge in [-0.25, -0.2) is 0 Å². The van der Waals surface area contributed by atoms with E-state index in [1.165, 1.54) is 6.42 Å². The zero-order chi connectivity index (χ0) is 17.1. The fraction of sp³-hybridized carbons (Fsp3) is 0.474. The average molecular weight is 359 g/mol. The Kier molecular flexibility index (Phi) is 5.15. The van der Waals surface area contributed by atoms with Crippen molar-refractivity contribution in [2.24, 2.45) is 0 Å². The van der Waals surface area contributed by atoms with Crippen molar-refractivity contribution in [3.8, 4) is 11.3 Å². The Morgan fingerprint density at radius 2 is 1.88 bits per heavy atom. The lowest BCUT2D eigenvalue weighted by Crippen LogP contribution is -2.44. The zero-order valence-electron chi connectivity index (χ0n) is 14.2. The second kappa shape index (κ2) is 7.68. The van der Waals surface area contributed by atoms with Gasteiger partial charge in [0.15, 0.2) is 0 Å². The standard InChI is InChI=1S/C19H23ClN4O/c20-17-4-2-1-3-16(17)18-5-6-19(23-22-18)21-14-7-10-24(11-8-14)15-9-12-25-13-15/h1-6,14-15H,7-13H2,(H,21,23). The minimum Gasteiger partial charge on any atom is -0.380 e. The van der Waals surface area contributed by atoms with Crippen LogP contribution in [0.5, 0.6) is 0 Å². The third kappa shape index (κ3) is 3.94. The first-order valence-electron chi connectivity index (χ1n) is 8.96. The van der Waals surface area contributed by atoms with Crippen LogP contribution in [-0.2, 0) is 4.74 Å². The molecule has 1 aromatic heterocycles. The van der Waals surface area contributed by atoms with E-state index in [9.17, 15) is 0 Å². The monoisotopic (exact) mass is 358 g/mol. The molecule has 0 spiro atoms. The highest BCUT2D eigenvalue weighted by Crippen LogP contribution is 2.26. The van der Waals surface area contributed by atoms with Crippen LogP contribution in [0.1, 0.15) is 19.3 Å². The maximum atomic E-state index is 6.22. The van der Waals surface area contributed by atoms with Crippen LogP contribution in [0.2, 0.25) is 5.02 Å². The highest BCUT2D eigenvalue weighted by atomic mass is 35.5. The Hall–Kier alpha value is -1.69. The lowest BCUT2D eigenvalue weighted by atomic mass is 10.0. The predicted molar refractivity (Wildman–Crippen MR) is 99.9 cm³/mol. The van der Waals surface area contributed by atoms with Crippen molar-refractivity contribution in [3.63, 3.8) is 0 Å². The first kappa shape index (κ1) is 16.8. The lowest BCUT2D eigenvalue weighted by molar-refractivity contribution is 0.124. The number of likely N-dealkylation sites (tertiary alicyclic amines) is 1. The van der Waals surface area contributed by atoms with Gasteiger partial charge in [-0.1, -0.05) is 29.8 Å². The van der Waals surface area contributed by atoms with E-state index in [0.29, 0.717) is 17.1 Å². The van der Waals surface area contributed by atoms with Crippen LogP contribution in [0.4, 0.5) is 5.82 Å². The van der Waals surface area contributed by atoms with Gasteiger partial charge in [-0.05, 0) is 37.5 Å². The van der Waals surface area contributed by atoms with E-state index in [4.69, 9.17) is 16.3 Å². The maximum Gasteiger partial charge on any atom is 0.148 e. The van der Waals surface area contributed by atoms with Gasteiger partial charge in [0.05, 0.1) is 17.3 Å². The fourth-order valence-electron chi connectivity index (χ4n) is 3.65. The van der Waals surface area contributed by atoms with Gasteiger partial charge in [-0.3, -0.25) is 4.90 Å². The number of rotatable bonds is 4. The Labute approximate surface area is 153 Å². The van der Waals surface area contributed by atoms with Gasteiger partial charge in [0.1, 0.15) is 5.82 Å². The Balaban J connectivity index is 1.34. The Bertz CT molecular complexity index is 695. The minimum atomic E-state index is 0.457. The molecule has 2 aromatic rings. The number of hydrogen-bond acceptors (Lipinski definition) is 5. The van der Waals surface area contributed by atoms with Gasteiger partial charge in [0, 0.05) is 37.3 Å². The summed E-state index contributed by atoms with van der Waals surface area (Å²) >= 11 is 6.22. The average Bonchev–Trinajstić information content (AvgIpc) is 3.18. The third-order valence-corrected chi connectivity index (χ3v) is 5.45. The molecular weight excluding hydrogens is 336 g/mol. The van der Waals surface area contributed by atoms with Crippen molar-refractivity contribution < 1.29 is 4.74 Å². The number of halogens is 1. The fourth-order valence-corrected chi connectivity index (χ4v) is 3.88. The molecule has 132 valence electrons. The summed E-state index contributed by atoms with van der Waals surface area (Å²) in [6.07, 6.45) is 3.43. The van der Waals surface area contributed by atoms with Crippen molar-refractivity contribution >= 4 is 17.4 Å². The van der Waals surface area contributed by atoms with Gasteiger partial charge < -0.3 is 10.1 Å². The number of hydrogen-bond donors (Lipinski definition) is 1. The molecule has 2 saturated heterocycles. The maximum absolute atomic E-state index is 6.22. The highest BCUT2D eigenvalue weighted by molar-refractivity contribution is 6.33. The molecule has 0 radical (unpaired) electrons. The lowest BCUT2D eigenvalue weighted by Gasteiger charge is -2.35. The number of benzene rings is 1. The van der Waals surface area contributed by atoms with Crippen LogP contribution in [-0.4, -0.2) is 53.5 Å². The number of anilines is 1. The van der Waals surface area contributed by atoms with Gasteiger partial charge >= 0.3 is 0 Å². The van der Waals surface area contributed by atoms with E-state index in [1.807, 2.05) is 36.4 Å². The molecule has 6 heteroatoms. The van der Waals surface area contributed by atoms with Crippen LogP contribution >= 0.6 is 11.6 Å². The van der Waals surface area contributed by atoms with Crippen molar-refractivity contribution in [3.05, 3.63) is 41.4 Å². The highest BCUT2D eigenvalue weighted by Gasteiger charge is 2.27. The van der Waals surface area contributed by atoms with Crippen LogP contribution in [0.15, 0.2) is 36.4 Å². The minimum absolute atomic E-state index is 0.457. The van der Waals surface area contributed by atoms with Crippen molar-refractivity contribution in [2.45, 2.75) is 31.3 Å². The van der Waals surface area contributed by atoms with E-state index >= 15 is 0 Å². The smallest absolute Gasteiger partial charge is 0.148 e. The number of aromatic nitrogens is 2. The quantitative estimate of drug-likeness (QED) is 0.907. The normalized spacial score (nSPS) is 22.2. The summed E-state index contributed by atoms with van der Waals surface area (Å²) in [4.78, 5) is 2.57. The molecule has 25 heavy (non-hydrogen) atoms. The van der Waals surface area contributed by atoms with Crippen LogP contribution in [0.3, 0.4) is 0 Å². The van der Waals surface area contributed by atoms with Crippen molar-refractivity contribution in [1.82, 2.24) is 15.1 Å². The summed E-state index contributed by atoms with van der Waals surface area (Å²) < 4.78 is 5.50. The molecule has 0 aliphatic carbocycles. The third-order valence-electron chi connectivity index (χ3n) is 5.12. The molecule has 4 rings (SSSR count). The molecular formula is C19H23ClN4O. The molecule has 0 bridgehead atoms. The van der Waals surface area contributed by atoms with Crippen LogP contribution in [0.25, 0.3) is 11.3 Å². The van der Waals surface area contributed by atoms with E-state index in [1.54, 1.807) is 0 Å². The SMILES string of the molecule is Clc1ccccc1-c1ccc(NC2CCN(C3CCOC3)CC2)nn1. The van der Waals surface area contributed by atoms with Crippen molar-refractivity contribution in [1.29, 1.82) is 0 Å². The van der Waals surface area contributed by atoms with Gasteiger partial charge in [0.25, 0.3) is 0 Å². The Morgan fingerprint density at radius 1 is 1.04 bits per heavy atom. The predicted octanol–water partition coefficient (Wildman–Crippen LogP) is 3.46. The number of nitrogens with one attached hydrogen (secondary N) is 1. The van der Waals surface area contributed by atoms with Crippen LogP contribution < -0.4 is 5.32 Å². The molecule has 1 aromatic carbocycles. The van der Waals surface area contributed by atoms with E-state index in [0.717, 1.165) is 56.2 Å².